The van der Waals surface area contributed by atoms with Crippen molar-refractivity contribution in [3.63, 3.8) is 0 Å². The second-order valence-electron chi connectivity index (χ2n) is 3.52. The summed E-state index contributed by atoms with van der Waals surface area (Å²) in [6.07, 6.45) is 0. The molecular formula is C10H4Cs2O8S4. The van der Waals surface area contributed by atoms with Crippen LogP contribution in [-0.2, 0) is 19.2 Å². The summed E-state index contributed by atoms with van der Waals surface area (Å²) in [6, 6.07) is 0. The van der Waals surface area contributed by atoms with Crippen LogP contribution in [0.15, 0.2) is 28.1 Å². The summed E-state index contributed by atoms with van der Waals surface area (Å²) in [4.78, 5) is 42.6. The van der Waals surface area contributed by atoms with Gasteiger partial charge in [0.15, 0.2) is 0 Å². The van der Waals surface area contributed by atoms with Gasteiger partial charge in [0.25, 0.3) is 0 Å². The fourth-order valence-electron chi connectivity index (χ4n) is 1.33. The van der Waals surface area contributed by atoms with Gasteiger partial charge >= 0.3 is 23.9 Å². The molecule has 118 valence electrons. The van der Waals surface area contributed by atoms with E-state index in [1.807, 2.05) is 0 Å². The van der Waals surface area contributed by atoms with Crippen LogP contribution >= 0.6 is 47.0 Å². The third-order valence-electron chi connectivity index (χ3n) is 2.14. The molecule has 0 unspecified atom stereocenters. The minimum absolute atomic E-state index is 0. The van der Waals surface area contributed by atoms with Gasteiger partial charge in [0.05, 0.1) is 8.47 Å². The van der Waals surface area contributed by atoms with E-state index in [0.717, 1.165) is 0 Å². The van der Waals surface area contributed by atoms with Gasteiger partial charge in [-0.3, -0.25) is 0 Å². The predicted molar refractivity (Wildman–Crippen MR) is 93.5 cm³/mol. The van der Waals surface area contributed by atoms with Crippen molar-refractivity contribution in [3.05, 3.63) is 28.1 Å². The van der Waals surface area contributed by atoms with E-state index in [1.165, 1.54) is 0 Å². The molecule has 0 saturated heterocycles. The number of aliphatic carboxylic acids is 4. The molecule has 2 rings (SSSR count). The summed E-state index contributed by atoms with van der Waals surface area (Å²) in [5.74, 6) is -5.65. The van der Waals surface area contributed by atoms with E-state index in [9.17, 15) is 19.2 Å². The Hall–Kier alpha value is 2.60. The Morgan fingerprint density at radius 3 is 0.792 bits per heavy atom. The zero-order valence-corrected chi connectivity index (χ0v) is 27.9. The standard InChI is InChI=1S/C10H4O8S4.2Cs/c11-5(12)1-2(6(13)14)20-9(19-1)10-21-3(7(15)16)4(22-10)8(17)18;;/h(H,11,12)(H,13,14)(H,15,16)(H,17,18);;. The van der Waals surface area contributed by atoms with Crippen molar-refractivity contribution in [2.24, 2.45) is 0 Å². The molecule has 0 bridgehead atoms. The summed E-state index contributed by atoms with van der Waals surface area (Å²) in [6.45, 7) is 0. The summed E-state index contributed by atoms with van der Waals surface area (Å²) >= 11 is 2.67. The van der Waals surface area contributed by atoms with Crippen molar-refractivity contribution in [1.82, 2.24) is 0 Å². The Bertz CT molecular complexity index is 610. The predicted octanol–water partition coefficient (Wildman–Crippen LogP) is 1.07. The van der Waals surface area contributed by atoms with Crippen molar-refractivity contribution in [1.29, 1.82) is 0 Å². The Morgan fingerprint density at radius 2 is 0.667 bits per heavy atom. The van der Waals surface area contributed by atoms with E-state index in [2.05, 4.69) is 0 Å². The van der Waals surface area contributed by atoms with Crippen molar-refractivity contribution in [3.8, 4) is 0 Å². The minimum atomic E-state index is -1.41. The van der Waals surface area contributed by atoms with Crippen LogP contribution in [-0.4, -0.2) is 182 Å². The van der Waals surface area contributed by atoms with Crippen LogP contribution in [0.5, 0.6) is 0 Å². The van der Waals surface area contributed by atoms with E-state index >= 15 is 0 Å². The molecule has 0 aromatic heterocycles. The molecule has 2 aliphatic heterocycles. The van der Waals surface area contributed by atoms with Gasteiger partial charge in [0, 0.05) is 138 Å². The number of carbonyl (C=O) groups is 4. The van der Waals surface area contributed by atoms with Gasteiger partial charge in [-0.2, -0.15) is 0 Å². The van der Waals surface area contributed by atoms with Gasteiger partial charge in [-0.1, -0.05) is 47.0 Å². The first-order valence-electron chi connectivity index (χ1n) is 5.09. The number of carboxylic acids is 4. The van der Waals surface area contributed by atoms with E-state index in [-0.39, 0.29) is 166 Å². The minimum Gasteiger partial charge on any atom is -0.477 e. The molecule has 24 heavy (non-hydrogen) atoms. The quantitative estimate of drug-likeness (QED) is 0.347. The topological polar surface area (TPSA) is 149 Å². The smallest absolute Gasteiger partial charge is 0.344 e. The van der Waals surface area contributed by atoms with Crippen molar-refractivity contribution in [2.75, 3.05) is 0 Å². The molecule has 0 aliphatic carbocycles. The Labute approximate surface area is 269 Å². The molecule has 2 radical (unpaired) electrons. The van der Waals surface area contributed by atoms with Crippen molar-refractivity contribution >= 4 is 209 Å². The van der Waals surface area contributed by atoms with Crippen LogP contribution < -0.4 is 0 Å². The number of hydrogen-bond acceptors (Lipinski definition) is 8. The monoisotopic (exact) mass is 646 g/mol. The first kappa shape index (κ1) is 26.6. The molecule has 2 heterocycles. The maximum Gasteiger partial charge on any atom is 0.344 e. The Balaban J connectivity index is 0.00000264. The van der Waals surface area contributed by atoms with Gasteiger partial charge in [0.1, 0.15) is 19.6 Å². The molecule has 8 nitrogen and oxygen atoms in total. The van der Waals surface area contributed by atoms with E-state index in [1.54, 1.807) is 0 Å². The number of carboxylic acid groups (broad SMARTS) is 4. The SMILES string of the molecule is O=C(O)C1=C(C(=O)O)SC(=C2SC(C(=O)O)=C(C(=O)O)S2)S1.[Cs].[Cs]. The maximum atomic E-state index is 11.0. The van der Waals surface area contributed by atoms with Crippen LogP contribution in [0.4, 0.5) is 0 Å². The molecular weight excluding hydrogens is 642 g/mol. The molecule has 0 spiro atoms. The van der Waals surface area contributed by atoms with E-state index in [0.29, 0.717) is 47.0 Å². The van der Waals surface area contributed by atoms with Gasteiger partial charge < -0.3 is 20.4 Å². The van der Waals surface area contributed by atoms with Crippen LogP contribution in [0.25, 0.3) is 0 Å². The van der Waals surface area contributed by atoms with Crippen LogP contribution in [0.1, 0.15) is 0 Å². The van der Waals surface area contributed by atoms with Crippen LogP contribution in [0, 0.1) is 0 Å². The molecule has 14 heteroatoms. The fraction of sp³-hybridized carbons (Fsp3) is 0. The summed E-state index contributed by atoms with van der Waals surface area (Å²) in [7, 11) is 0. The Kier molecular flexibility index (Phi) is 12.8. The fourth-order valence-corrected chi connectivity index (χ4v) is 6.31. The summed E-state index contributed by atoms with van der Waals surface area (Å²) in [5, 5.41) is 35.9. The van der Waals surface area contributed by atoms with Crippen molar-refractivity contribution in [2.45, 2.75) is 0 Å². The zero-order chi connectivity index (χ0) is 16.6. The van der Waals surface area contributed by atoms with Gasteiger partial charge in [-0.25, -0.2) is 19.2 Å². The normalized spacial score (nSPS) is 16.7. The van der Waals surface area contributed by atoms with E-state index in [4.69, 9.17) is 20.4 Å². The first-order valence-corrected chi connectivity index (χ1v) is 8.36. The van der Waals surface area contributed by atoms with Gasteiger partial charge in [-0.15, -0.1) is 0 Å². The zero-order valence-electron chi connectivity index (χ0n) is 12.1. The molecule has 0 aromatic carbocycles. The molecule has 0 fully saturated rings. The largest absolute Gasteiger partial charge is 0.477 e. The molecule has 0 atom stereocenters. The first-order chi connectivity index (χ1) is 10.2. The van der Waals surface area contributed by atoms with Crippen LogP contribution in [0.2, 0.25) is 0 Å². The molecule has 4 N–H and O–H groups in total. The van der Waals surface area contributed by atoms with Crippen LogP contribution in [0.3, 0.4) is 0 Å². The molecule has 0 amide bonds. The molecule has 0 saturated carbocycles. The second-order valence-corrected chi connectivity index (χ2v) is 8.12. The Morgan fingerprint density at radius 1 is 0.500 bits per heavy atom. The summed E-state index contributed by atoms with van der Waals surface area (Å²) in [5.41, 5.74) is 0. The van der Waals surface area contributed by atoms with Gasteiger partial charge in [0.2, 0.25) is 0 Å². The number of thioether (sulfide) groups is 4. The molecule has 2 aliphatic rings. The second kappa shape index (κ2) is 11.6. The number of rotatable bonds is 4. The third-order valence-corrected chi connectivity index (χ3v) is 7.80. The average Bonchev–Trinajstić information content (AvgIpc) is 3.02. The maximum absolute atomic E-state index is 11.0. The van der Waals surface area contributed by atoms with Crippen molar-refractivity contribution < 1.29 is 39.6 Å². The average molecular weight is 646 g/mol. The van der Waals surface area contributed by atoms with Gasteiger partial charge in [-0.05, 0) is 0 Å². The number of hydrogen-bond donors (Lipinski definition) is 4. The molecule has 0 aromatic rings. The van der Waals surface area contributed by atoms with E-state index < -0.39 is 23.9 Å². The summed E-state index contributed by atoms with van der Waals surface area (Å²) < 4.78 is 0.472. The third kappa shape index (κ3) is 6.31.